The Hall–Kier alpha value is -1.59. The molecule has 20 heavy (non-hydrogen) atoms. The van der Waals surface area contributed by atoms with Crippen molar-refractivity contribution in [3.8, 4) is 0 Å². The van der Waals surface area contributed by atoms with Crippen LogP contribution in [0.4, 0.5) is 11.5 Å². The first-order chi connectivity index (χ1) is 9.40. The summed E-state index contributed by atoms with van der Waals surface area (Å²) in [6.45, 7) is 8.66. The number of hydrogen-bond acceptors (Lipinski definition) is 4. The molecule has 1 aromatic rings. The molecule has 1 saturated carbocycles. The van der Waals surface area contributed by atoms with Crippen LogP contribution in [0.2, 0.25) is 0 Å². The van der Waals surface area contributed by atoms with Gasteiger partial charge >= 0.3 is 5.69 Å². The molecule has 0 bridgehead atoms. The van der Waals surface area contributed by atoms with Crippen molar-refractivity contribution in [3.63, 3.8) is 0 Å². The number of anilines is 1. The number of nitrogens with one attached hydrogen (secondary N) is 1. The van der Waals surface area contributed by atoms with Gasteiger partial charge in [-0.2, -0.15) is 5.10 Å². The van der Waals surface area contributed by atoms with Gasteiger partial charge in [0, 0.05) is 12.6 Å². The summed E-state index contributed by atoms with van der Waals surface area (Å²) in [4.78, 5) is 10.9. The molecule has 1 aromatic heterocycles. The minimum atomic E-state index is -0.330. The van der Waals surface area contributed by atoms with Gasteiger partial charge in [0.15, 0.2) is 0 Å². The van der Waals surface area contributed by atoms with Crippen molar-refractivity contribution >= 4 is 11.5 Å². The number of nitrogens with zero attached hydrogens (tertiary/aromatic N) is 3. The fourth-order valence-corrected chi connectivity index (χ4v) is 2.79. The maximum Gasteiger partial charge on any atom is 0.333 e. The molecule has 1 N–H and O–H groups in total. The lowest BCUT2D eigenvalue weighted by Crippen LogP contribution is -2.19. The molecule has 0 atom stereocenters. The Morgan fingerprint density at radius 2 is 2.15 bits per heavy atom. The van der Waals surface area contributed by atoms with Crippen molar-refractivity contribution in [2.45, 2.75) is 59.4 Å². The monoisotopic (exact) mass is 280 g/mol. The lowest BCUT2D eigenvalue weighted by Gasteiger charge is -2.17. The van der Waals surface area contributed by atoms with Gasteiger partial charge in [-0.25, -0.2) is 4.68 Å². The molecule has 1 fully saturated rings. The summed E-state index contributed by atoms with van der Waals surface area (Å²) in [5.41, 5.74) is 0.945. The van der Waals surface area contributed by atoms with Crippen LogP contribution in [0.15, 0.2) is 0 Å². The predicted molar refractivity (Wildman–Crippen MR) is 79.1 cm³/mol. The van der Waals surface area contributed by atoms with E-state index in [-0.39, 0.29) is 16.7 Å². The minimum Gasteiger partial charge on any atom is -0.364 e. The first-order valence-corrected chi connectivity index (χ1v) is 7.37. The highest BCUT2D eigenvalue weighted by Gasteiger charge is 2.42. The minimum absolute atomic E-state index is 0.103. The zero-order valence-corrected chi connectivity index (χ0v) is 12.8. The van der Waals surface area contributed by atoms with E-state index in [2.05, 4.69) is 17.3 Å². The molecule has 0 radical (unpaired) electrons. The summed E-state index contributed by atoms with van der Waals surface area (Å²) >= 11 is 0. The van der Waals surface area contributed by atoms with Gasteiger partial charge in [-0.05, 0) is 45.4 Å². The summed E-state index contributed by atoms with van der Waals surface area (Å²) in [5.74, 6) is 0.560. The highest BCUT2D eigenvalue weighted by Crippen LogP contribution is 2.49. The number of nitro groups is 1. The molecule has 1 aliphatic carbocycles. The normalized spacial score (nSPS) is 16.4. The molecule has 0 amide bonds. The van der Waals surface area contributed by atoms with Gasteiger partial charge in [-0.15, -0.1) is 0 Å². The van der Waals surface area contributed by atoms with Gasteiger partial charge in [-0.3, -0.25) is 10.1 Å². The highest BCUT2D eigenvalue weighted by molar-refractivity contribution is 5.60. The molecule has 1 aliphatic rings. The molecule has 0 aromatic carbocycles. The fourth-order valence-electron chi connectivity index (χ4n) is 2.79. The largest absolute Gasteiger partial charge is 0.364 e. The Morgan fingerprint density at radius 3 is 2.60 bits per heavy atom. The van der Waals surface area contributed by atoms with E-state index < -0.39 is 0 Å². The van der Waals surface area contributed by atoms with Crippen LogP contribution in [-0.2, 0) is 0 Å². The van der Waals surface area contributed by atoms with Crippen LogP contribution in [0.1, 0.15) is 58.2 Å². The number of aromatic nitrogens is 2. The molecule has 0 aliphatic heterocycles. The summed E-state index contributed by atoms with van der Waals surface area (Å²) in [6.07, 6.45) is 4.78. The topological polar surface area (TPSA) is 73.0 Å². The second-order valence-electron chi connectivity index (χ2n) is 6.18. The van der Waals surface area contributed by atoms with E-state index in [4.69, 9.17) is 0 Å². The Morgan fingerprint density at radius 1 is 1.50 bits per heavy atom. The van der Waals surface area contributed by atoms with Gasteiger partial charge in [0.2, 0.25) is 5.82 Å². The van der Waals surface area contributed by atoms with Crippen LogP contribution in [0.25, 0.3) is 0 Å². The number of aryl methyl sites for hydroxylation is 1. The Labute approximate surface area is 119 Å². The molecule has 0 spiro atoms. The van der Waals surface area contributed by atoms with E-state index in [9.17, 15) is 10.1 Å². The summed E-state index contributed by atoms with van der Waals surface area (Å²) in [5, 5.41) is 18.9. The zero-order valence-electron chi connectivity index (χ0n) is 12.8. The lowest BCUT2D eigenvalue weighted by atomic mass is 10.0. The van der Waals surface area contributed by atoms with Crippen molar-refractivity contribution in [2.24, 2.45) is 5.41 Å². The van der Waals surface area contributed by atoms with E-state index in [1.165, 1.54) is 19.3 Å². The van der Waals surface area contributed by atoms with E-state index in [0.717, 1.165) is 13.0 Å². The smallest absolute Gasteiger partial charge is 0.333 e. The second-order valence-corrected chi connectivity index (χ2v) is 6.18. The quantitative estimate of drug-likeness (QED) is 0.611. The molecule has 2 rings (SSSR count). The molecule has 0 saturated heterocycles. The zero-order chi connectivity index (χ0) is 14.9. The van der Waals surface area contributed by atoms with E-state index in [0.29, 0.717) is 16.9 Å². The van der Waals surface area contributed by atoms with Crippen LogP contribution >= 0.6 is 0 Å². The average Bonchev–Trinajstić information content (AvgIpc) is 3.02. The fraction of sp³-hybridized carbons (Fsp3) is 0.786. The standard InChI is InChI=1S/C14H24N4O2/c1-5-6-14(7-8-14)9-15-13-12(18(19)20)11(4)16-17(13)10(2)3/h10,15H,5-9H2,1-4H3. The summed E-state index contributed by atoms with van der Waals surface area (Å²) < 4.78 is 1.73. The van der Waals surface area contributed by atoms with E-state index in [1.54, 1.807) is 11.6 Å². The third-order valence-electron chi connectivity index (χ3n) is 4.09. The van der Waals surface area contributed by atoms with Gasteiger partial charge in [-0.1, -0.05) is 13.3 Å². The number of rotatable bonds is 7. The molecular weight excluding hydrogens is 256 g/mol. The van der Waals surface area contributed by atoms with Gasteiger partial charge in [0.1, 0.15) is 5.69 Å². The second kappa shape index (κ2) is 5.42. The van der Waals surface area contributed by atoms with Crippen LogP contribution < -0.4 is 5.32 Å². The lowest BCUT2D eigenvalue weighted by molar-refractivity contribution is -0.384. The first kappa shape index (κ1) is 14.8. The van der Waals surface area contributed by atoms with Crippen LogP contribution in [0, 0.1) is 22.5 Å². The molecule has 1 heterocycles. The molecule has 112 valence electrons. The van der Waals surface area contributed by atoms with Gasteiger partial charge in [0.25, 0.3) is 0 Å². The number of hydrogen-bond donors (Lipinski definition) is 1. The van der Waals surface area contributed by atoms with Crippen LogP contribution in [0.5, 0.6) is 0 Å². The molecular formula is C14H24N4O2. The van der Waals surface area contributed by atoms with Gasteiger partial charge < -0.3 is 5.32 Å². The van der Waals surface area contributed by atoms with Gasteiger partial charge in [0.05, 0.1) is 4.92 Å². The molecule has 6 heteroatoms. The van der Waals surface area contributed by atoms with Crippen LogP contribution in [0.3, 0.4) is 0 Å². The van der Waals surface area contributed by atoms with Crippen LogP contribution in [-0.4, -0.2) is 21.2 Å². The molecule has 6 nitrogen and oxygen atoms in total. The van der Waals surface area contributed by atoms with E-state index >= 15 is 0 Å². The van der Waals surface area contributed by atoms with Crippen molar-refractivity contribution < 1.29 is 4.92 Å². The molecule has 0 unspecified atom stereocenters. The van der Waals surface area contributed by atoms with Crippen molar-refractivity contribution in [2.75, 3.05) is 11.9 Å². The van der Waals surface area contributed by atoms with Crippen molar-refractivity contribution in [3.05, 3.63) is 15.8 Å². The third kappa shape index (κ3) is 2.78. The first-order valence-electron chi connectivity index (χ1n) is 7.37. The Kier molecular flexibility index (Phi) is 4.01. The van der Waals surface area contributed by atoms with Crippen molar-refractivity contribution in [1.82, 2.24) is 9.78 Å². The third-order valence-corrected chi connectivity index (χ3v) is 4.09. The SMILES string of the molecule is CCCC1(CNc2c([N+](=O)[O-])c(C)nn2C(C)C)CC1. The average molecular weight is 280 g/mol. The summed E-state index contributed by atoms with van der Waals surface area (Å²) in [6, 6.07) is 0.103. The Balaban J connectivity index is 2.23. The van der Waals surface area contributed by atoms with Crippen molar-refractivity contribution in [1.29, 1.82) is 0 Å². The highest BCUT2D eigenvalue weighted by atomic mass is 16.6. The maximum absolute atomic E-state index is 11.3. The summed E-state index contributed by atoms with van der Waals surface area (Å²) in [7, 11) is 0. The van der Waals surface area contributed by atoms with E-state index in [1.807, 2.05) is 13.8 Å². The maximum atomic E-state index is 11.3. The Bertz CT molecular complexity index is 504. The predicted octanol–water partition coefficient (Wildman–Crippen LogP) is 3.67.